The maximum absolute atomic E-state index is 13.1. The lowest BCUT2D eigenvalue weighted by Crippen LogP contribution is -2.35. The largest absolute Gasteiger partial charge is 0.460 e. The number of nitrogens with one attached hydrogen (secondary N) is 1. The summed E-state index contributed by atoms with van der Waals surface area (Å²) in [6, 6.07) is 10.6. The molecule has 0 radical (unpaired) electrons. The fourth-order valence-electron chi connectivity index (χ4n) is 4.29. The predicted octanol–water partition coefficient (Wildman–Crippen LogP) is 6.95. The smallest absolute Gasteiger partial charge is 0.416 e. The van der Waals surface area contributed by atoms with Crippen molar-refractivity contribution in [2.75, 3.05) is 6.54 Å². The maximum atomic E-state index is 13.1. The quantitative estimate of drug-likeness (QED) is 0.278. The second-order valence-electron chi connectivity index (χ2n) is 8.83. The van der Waals surface area contributed by atoms with Crippen LogP contribution in [0.15, 0.2) is 63.8 Å². The lowest BCUT2D eigenvalue weighted by molar-refractivity contribution is -0.138. The molecule has 0 saturated heterocycles. The van der Waals surface area contributed by atoms with E-state index in [-0.39, 0.29) is 35.3 Å². The van der Waals surface area contributed by atoms with Gasteiger partial charge in [0.1, 0.15) is 17.3 Å². The van der Waals surface area contributed by atoms with Gasteiger partial charge in [0.2, 0.25) is 0 Å². The number of H-pyrrole nitrogens is 1. The Bertz CT molecular complexity index is 1540. The first-order chi connectivity index (χ1) is 17.9. The number of fused-ring (bicyclic) bond motifs is 1. The minimum Gasteiger partial charge on any atom is -0.460 e. The number of alkyl halides is 6. The van der Waals surface area contributed by atoms with Crippen molar-refractivity contribution in [3.05, 3.63) is 98.1 Å². The molecule has 1 N–H and O–H groups in total. The minimum absolute atomic E-state index is 0.118. The fraction of sp³-hybridized carbons (Fsp3) is 0.231. The number of aromatic amines is 1. The predicted molar refractivity (Wildman–Crippen MR) is 127 cm³/mol. The molecule has 0 saturated carbocycles. The van der Waals surface area contributed by atoms with Gasteiger partial charge < -0.3 is 9.40 Å². The van der Waals surface area contributed by atoms with Gasteiger partial charge in [0.15, 0.2) is 0 Å². The number of halogens is 7. The third-order valence-corrected chi connectivity index (χ3v) is 6.56. The molecule has 198 valence electrons. The van der Waals surface area contributed by atoms with Crippen molar-refractivity contribution in [2.45, 2.75) is 31.9 Å². The Kier molecular flexibility index (Phi) is 6.60. The van der Waals surface area contributed by atoms with Gasteiger partial charge in [-0.2, -0.15) is 26.3 Å². The molecule has 0 fully saturated rings. The highest BCUT2D eigenvalue weighted by Crippen LogP contribution is 2.37. The number of benzene rings is 2. The summed E-state index contributed by atoms with van der Waals surface area (Å²) < 4.78 is 83.6. The van der Waals surface area contributed by atoms with Gasteiger partial charge in [-0.1, -0.05) is 23.7 Å². The third kappa shape index (κ3) is 5.34. The second-order valence-corrected chi connectivity index (χ2v) is 9.24. The molecular weight excluding hydrogens is 536 g/mol. The molecule has 1 aliphatic rings. The van der Waals surface area contributed by atoms with Gasteiger partial charge in [-0.3, -0.25) is 9.69 Å². The molecule has 12 heteroatoms. The van der Waals surface area contributed by atoms with Crippen LogP contribution in [-0.4, -0.2) is 21.4 Å². The third-order valence-electron chi connectivity index (χ3n) is 6.23. The van der Waals surface area contributed by atoms with Gasteiger partial charge >= 0.3 is 12.4 Å². The van der Waals surface area contributed by atoms with Crippen LogP contribution in [0.1, 0.15) is 28.1 Å². The summed E-state index contributed by atoms with van der Waals surface area (Å²) >= 11 is 6.11. The van der Waals surface area contributed by atoms with Crippen molar-refractivity contribution in [3.63, 3.8) is 0 Å². The highest BCUT2D eigenvalue weighted by atomic mass is 35.5. The number of hydrogen-bond acceptors (Lipinski definition) is 4. The van der Waals surface area contributed by atoms with Crippen LogP contribution in [0.3, 0.4) is 0 Å². The van der Waals surface area contributed by atoms with E-state index in [0.29, 0.717) is 35.5 Å². The Morgan fingerprint density at radius 2 is 1.63 bits per heavy atom. The highest BCUT2D eigenvalue weighted by Gasteiger charge is 2.32. The van der Waals surface area contributed by atoms with E-state index in [4.69, 9.17) is 16.0 Å². The Balaban J connectivity index is 1.32. The first-order valence-electron chi connectivity index (χ1n) is 11.4. The van der Waals surface area contributed by atoms with E-state index >= 15 is 0 Å². The van der Waals surface area contributed by atoms with Crippen LogP contribution in [0.5, 0.6) is 0 Å². The molecule has 0 spiro atoms. The summed E-state index contributed by atoms with van der Waals surface area (Å²) in [5, 5.41) is 0.118. The Morgan fingerprint density at radius 1 is 0.947 bits per heavy atom. The van der Waals surface area contributed by atoms with Gasteiger partial charge in [0.05, 0.1) is 34.0 Å². The summed E-state index contributed by atoms with van der Waals surface area (Å²) in [6.45, 7) is 1.04. The number of rotatable bonds is 4. The summed E-state index contributed by atoms with van der Waals surface area (Å²) in [5.74, 6) is 0.849. The van der Waals surface area contributed by atoms with Gasteiger partial charge in [-0.15, -0.1) is 0 Å². The van der Waals surface area contributed by atoms with E-state index in [9.17, 15) is 31.1 Å². The van der Waals surface area contributed by atoms with Gasteiger partial charge in [0, 0.05) is 30.6 Å². The molecule has 5 nitrogen and oxygen atoms in total. The Morgan fingerprint density at radius 3 is 2.32 bits per heavy atom. The molecule has 2 aromatic heterocycles. The van der Waals surface area contributed by atoms with Crippen LogP contribution in [0.25, 0.3) is 22.7 Å². The van der Waals surface area contributed by atoms with E-state index < -0.39 is 29.0 Å². The standard InChI is InChI=1S/C26H18ClF6N3O2/c27-20-7-5-16(26(31,32)33)11-18(20)22-8-6-17(38-22)12-36-10-9-21-19(13-36)24(37)35-23(34-21)14-1-3-15(4-2-14)25(28,29)30/h1-8,11H,9-10,12-13H2,(H,34,35,37). The molecular formula is C26H18ClF6N3O2. The normalized spacial score (nSPS) is 14.5. The first kappa shape index (κ1) is 26.1. The Labute approximate surface area is 216 Å². The first-order valence-corrected chi connectivity index (χ1v) is 11.7. The summed E-state index contributed by atoms with van der Waals surface area (Å²) in [5.41, 5.74) is -0.579. The average Bonchev–Trinajstić information content (AvgIpc) is 3.31. The number of hydrogen-bond donors (Lipinski definition) is 1. The van der Waals surface area contributed by atoms with Crippen molar-refractivity contribution in [1.82, 2.24) is 14.9 Å². The molecule has 1 aliphatic heterocycles. The van der Waals surface area contributed by atoms with Gasteiger partial charge in [0.25, 0.3) is 5.56 Å². The van der Waals surface area contributed by atoms with Crippen molar-refractivity contribution in [1.29, 1.82) is 0 Å². The minimum atomic E-state index is -4.52. The second kappa shape index (κ2) is 9.63. The zero-order valence-electron chi connectivity index (χ0n) is 19.4. The summed E-state index contributed by atoms with van der Waals surface area (Å²) in [6.07, 6.45) is -8.57. The van der Waals surface area contributed by atoms with Crippen molar-refractivity contribution in [2.24, 2.45) is 0 Å². The van der Waals surface area contributed by atoms with Crippen LogP contribution in [0.4, 0.5) is 26.3 Å². The average molecular weight is 554 g/mol. The summed E-state index contributed by atoms with van der Waals surface area (Å²) in [7, 11) is 0. The van der Waals surface area contributed by atoms with E-state index in [1.54, 1.807) is 12.1 Å². The number of aromatic nitrogens is 2. The topological polar surface area (TPSA) is 62.1 Å². The van der Waals surface area contributed by atoms with E-state index in [0.717, 1.165) is 24.3 Å². The van der Waals surface area contributed by atoms with E-state index in [1.807, 2.05) is 4.90 Å². The Hall–Kier alpha value is -3.57. The highest BCUT2D eigenvalue weighted by molar-refractivity contribution is 6.33. The molecule has 4 aromatic rings. The van der Waals surface area contributed by atoms with E-state index in [1.165, 1.54) is 18.2 Å². The zero-order valence-corrected chi connectivity index (χ0v) is 20.1. The SMILES string of the molecule is O=c1[nH]c(-c2ccc(C(F)(F)F)cc2)nc2c1CN(Cc1ccc(-c3cc(C(F)(F)F)ccc3Cl)o1)CC2. The molecule has 38 heavy (non-hydrogen) atoms. The molecule has 2 aromatic carbocycles. The fourth-order valence-corrected chi connectivity index (χ4v) is 4.50. The number of furan rings is 1. The lowest BCUT2D eigenvalue weighted by Gasteiger charge is -2.26. The van der Waals surface area contributed by atoms with Crippen LogP contribution < -0.4 is 5.56 Å². The van der Waals surface area contributed by atoms with Crippen LogP contribution >= 0.6 is 11.6 Å². The molecule has 0 aliphatic carbocycles. The molecule has 0 atom stereocenters. The van der Waals surface area contributed by atoms with Crippen molar-refractivity contribution >= 4 is 11.6 Å². The lowest BCUT2D eigenvalue weighted by atomic mass is 10.1. The number of nitrogens with zero attached hydrogens (tertiary/aromatic N) is 2. The molecule has 0 unspecified atom stereocenters. The van der Waals surface area contributed by atoms with Crippen LogP contribution in [0.2, 0.25) is 5.02 Å². The molecule has 3 heterocycles. The van der Waals surface area contributed by atoms with Crippen molar-refractivity contribution in [3.8, 4) is 22.7 Å². The molecule has 5 rings (SSSR count). The van der Waals surface area contributed by atoms with Crippen molar-refractivity contribution < 1.29 is 30.8 Å². The molecule has 0 amide bonds. The zero-order chi connectivity index (χ0) is 27.2. The van der Waals surface area contributed by atoms with Crippen LogP contribution in [-0.2, 0) is 31.9 Å². The molecule has 0 bridgehead atoms. The van der Waals surface area contributed by atoms with Gasteiger partial charge in [-0.25, -0.2) is 4.98 Å². The monoisotopic (exact) mass is 553 g/mol. The van der Waals surface area contributed by atoms with Crippen LogP contribution in [0, 0.1) is 0 Å². The van der Waals surface area contributed by atoms with Gasteiger partial charge in [-0.05, 0) is 42.5 Å². The maximum Gasteiger partial charge on any atom is 0.416 e. The summed E-state index contributed by atoms with van der Waals surface area (Å²) in [4.78, 5) is 21.8. The van der Waals surface area contributed by atoms with E-state index in [2.05, 4.69) is 9.97 Å².